The number of rotatable bonds is 2. The van der Waals surface area contributed by atoms with E-state index in [0.29, 0.717) is 0 Å². The first-order chi connectivity index (χ1) is 10.3. The van der Waals surface area contributed by atoms with Crippen LogP contribution in [0.4, 0.5) is 0 Å². The molecule has 1 fully saturated rings. The van der Waals surface area contributed by atoms with E-state index in [1.165, 1.54) is 22.3 Å². The number of carbonyl (C=O) groups is 1. The smallest absolute Gasteiger partial charge is 0.227 e. The lowest BCUT2D eigenvalue weighted by Crippen LogP contribution is -2.34. The van der Waals surface area contributed by atoms with E-state index >= 15 is 0 Å². The summed E-state index contributed by atoms with van der Waals surface area (Å²) in [5.41, 5.74) is 6.52. The maximum Gasteiger partial charge on any atom is 0.227 e. The quantitative estimate of drug-likeness (QED) is 0.863. The van der Waals surface area contributed by atoms with Gasteiger partial charge < -0.3 is 5.32 Å². The lowest BCUT2D eigenvalue weighted by molar-refractivity contribution is -0.125. The highest BCUT2D eigenvalue weighted by molar-refractivity contribution is 5.82. The van der Waals surface area contributed by atoms with E-state index < -0.39 is 0 Å². The molecular weight excluding hydrogens is 270 g/mol. The summed E-state index contributed by atoms with van der Waals surface area (Å²) in [6.45, 7) is 10.6. The molecule has 1 amide bonds. The Morgan fingerprint density at radius 1 is 1.32 bits per heavy atom. The van der Waals surface area contributed by atoms with Gasteiger partial charge in [-0.1, -0.05) is 57.2 Å². The molecule has 1 atom stereocenters. The molecule has 0 radical (unpaired) electrons. The van der Waals surface area contributed by atoms with Crippen LogP contribution in [0, 0.1) is 5.92 Å². The second-order valence-corrected chi connectivity index (χ2v) is 7.68. The number of hydrogen-bond acceptors (Lipinski definition) is 1. The molecule has 22 heavy (non-hydrogen) atoms. The first kappa shape index (κ1) is 15.1. The van der Waals surface area contributed by atoms with Crippen LogP contribution >= 0.6 is 0 Å². The van der Waals surface area contributed by atoms with Crippen molar-refractivity contribution in [3.63, 3.8) is 0 Å². The molecule has 116 valence electrons. The van der Waals surface area contributed by atoms with E-state index in [2.05, 4.69) is 56.9 Å². The van der Waals surface area contributed by atoms with Crippen LogP contribution < -0.4 is 5.32 Å². The average Bonchev–Trinajstić information content (AvgIpc) is 2.82. The zero-order valence-corrected chi connectivity index (χ0v) is 13.8. The molecule has 1 saturated heterocycles. The van der Waals surface area contributed by atoms with Crippen LogP contribution in [0.2, 0.25) is 0 Å². The largest absolute Gasteiger partial charge is 0.330 e. The minimum absolute atomic E-state index is 0.105. The normalized spacial score (nSPS) is 21.4. The van der Waals surface area contributed by atoms with E-state index in [1.807, 2.05) is 0 Å². The fourth-order valence-electron chi connectivity index (χ4n) is 3.33. The monoisotopic (exact) mass is 295 g/mol. The Hall–Kier alpha value is -1.83. The highest BCUT2D eigenvalue weighted by Gasteiger charge is 2.26. The molecule has 1 aromatic rings. The Labute approximate surface area is 133 Å². The van der Waals surface area contributed by atoms with Crippen LogP contribution in [0.15, 0.2) is 36.0 Å². The summed E-state index contributed by atoms with van der Waals surface area (Å²) in [5, 5.41) is 2.89. The molecule has 3 rings (SSSR count). The van der Waals surface area contributed by atoms with Crippen LogP contribution in [0.5, 0.6) is 0 Å². The SMILES string of the molecule is C=C1CCC(CC2=Cc3cc(C(C)(C)C)ccc3C2)C(=O)N1. The summed E-state index contributed by atoms with van der Waals surface area (Å²) >= 11 is 0. The van der Waals surface area contributed by atoms with Crippen LogP contribution in [-0.2, 0) is 16.6 Å². The lowest BCUT2D eigenvalue weighted by Gasteiger charge is -2.23. The molecule has 1 N–H and O–H groups in total. The number of nitrogens with one attached hydrogen (secondary N) is 1. The summed E-state index contributed by atoms with van der Waals surface area (Å²) in [6.07, 6.45) is 5.99. The minimum Gasteiger partial charge on any atom is -0.330 e. The van der Waals surface area contributed by atoms with Gasteiger partial charge in [0, 0.05) is 11.6 Å². The van der Waals surface area contributed by atoms with Gasteiger partial charge in [0.25, 0.3) is 0 Å². The average molecular weight is 295 g/mol. The van der Waals surface area contributed by atoms with Crippen LogP contribution in [0.25, 0.3) is 6.08 Å². The Balaban J connectivity index is 1.74. The van der Waals surface area contributed by atoms with Crippen LogP contribution in [0.1, 0.15) is 56.7 Å². The van der Waals surface area contributed by atoms with Gasteiger partial charge in [0.2, 0.25) is 5.91 Å². The lowest BCUT2D eigenvalue weighted by atomic mass is 9.85. The van der Waals surface area contributed by atoms with Gasteiger partial charge in [-0.05, 0) is 47.8 Å². The number of hydrogen-bond donors (Lipinski definition) is 1. The van der Waals surface area contributed by atoms with Crippen molar-refractivity contribution < 1.29 is 4.79 Å². The molecule has 0 bridgehead atoms. The Morgan fingerprint density at radius 2 is 2.09 bits per heavy atom. The summed E-state index contributed by atoms with van der Waals surface area (Å²) in [5.74, 6) is 0.247. The first-order valence-corrected chi connectivity index (χ1v) is 8.14. The zero-order chi connectivity index (χ0) is 15.9. The Kier molecular flexibility index (Phi) is 3.72. The third-order valence-corrected chi connectivity index (χ3v) is 4.76. The molecular formula is C20H25NO. The maximum atomic E-state index is 12.1. The molecule has 1 aliphatic heterocycles. The van der Waals surface area contributed by atoms with Crippen molar-refractivity contribution in [1.29, 1.82) is 0 Å². The van der Waals surface area contributed by atoms with Crippen molar-refractivity contribution in [2.75, 3.05) is 0 Å². The van der Waals surface area contributed by atoms with Crippen molar-refractivity contribution in [2.24, 2.45) is 5.92 Å². The van der Waals surface area contributed by atoms with E-state index in [4.69, 9.17) is 0 Å². The molecule has 1 heterocycles. The second-order valence-electron chi connectivity index (χ2n) is 7.68. The van der Waals surface area contributed by atoms with Gasteiger partial charge in [-0.3, -0.25) is 4.79 Å². The van der Waals surface area contributed by atoms with Gasteiger partial charge in [0.1, 0.15) is 0 Å². The van der Waals surface area contributed by atoms with Crippen molar-refractivity contribution in [1.82, 2.24) is 5.32 Å². The molecule has 1 aliphatic carbocycles. The summed E-state index contributed by atoms with van der Waals surface area (Å²) in [6, 6.07) is 6.81. The maximum absolute atomic E-state index is 12.1. The predicted molar refractivity (Wildman–Crippen MR) is 91.4 cm³/mol. The van der Waals surface area contributed by atoms with Crippen LogP contribution in [-0.4, -0.2) is 5.91 Å². The number of fused-ring (bicyclic) bond motifs is 1. The van der Waals surface area contributed by atoms with Gasteiger partial charge >= 0.3 is 0 Å². The molecule has 2 aliphatic rings. The number of carbonyl (C=O) groups excluding carboxylic acids is 1. The van der Waals surface area contributed by atoms with Gasteiger partial charge in [0.15, 0.2) is 0 Å². The number of piperidine rings is 1. The molecule has 2 heteroatoms. The van der Waals surface area contributed by atoms with Crippen molar-refractivity contribution in [2.45, 2.75) is 51.9 Å². The third-order valence-electron chi connectivity index (χ3n) is 4.76. The summed E-state index contributed by atoms with van der Waals surface area (Å²) < 4.78 is 0. The van der Waals surface area contributed by atoms with Gasteiger partial charge in [0.05, 0.1) is 0 Å². The second kappa shape index (κ2) is 5.42. The molecule has 0 spiro atoms. The number of amides is 1. The molecule has 0 aromatic heterocycles. The number of benzene rings is 1. The molecule has 1 unspecified atom stereocenters. The van der Waals surface area contributed by atoms with Crippen molar-refractivity contribution in [3.05, 3.63) is 52.7 Å². The summed E-state index contributed by atoms with van der Waals surface area (Å²) in [4.78, 5) is 12.1. The van der Waals surface area contributed by atoms with E-state index in [1.54, 1.807) is 0 Å². The van der Waals surface area contributed by atoms with Crippen molar-refractivity contribution in [3.8, 4) is 0 Å². The minimum atomic E-state index is 0.105. The predicted octanol–water partition coefficient (Wildman–Crippen LogP) is 4.35. The third kappa shape index (κ3) is 3.01. The van der Waals surface area contributed by atoms with Crippen LogP contribution in [0.3, 0.4) is 0 Å². The van der Waals surface area contributed by atoms with Gasteiger partial charge in [-0.15, -0.1) is 0 Å². The standard InChI is InChI=1S/C20H25NO/c1-13-5-6-16(19(22)21-13)10-14-9-15-7-8-18(20(2,3)4)12-17(15)11-14/h7-8,11-12,16H,1,5-6,9-10H2,2-4H3,(H,21,22). The molecule has 1 aromatic carbocycles. The molecule has 0 saturated carbocycles. The zero-order valence-electron chi connectivity index (χ0n) is 13.8. The van der Waals surface area contributed by atoms with Gasteiger partial charge in [-0.25, -0.2) is 0 Å². The Bertz CT molecular complexity index is 661. The number of allylic oxidation sites excluding steroid dienone is 2. The van der Waals surface area contributed by atoms with E-state index in [0.717, 1.165) is 31.4 Å². The fourth-order valence-corrected chi connectivity index (χ4v) is 3.33. The highest BCUT2D eigenvalue weighted by Crippen LogP contribution is 2.34. The summed E-state index contributed by atoms with van der Waals surface area (Å²) in [7, 11) is 0. The Morgan fingerprint density at radius 3 is 2.77 bits per heavy atom. The van der Waals surface area contributed by atoms with E-state index in [-0.39, 0.29) is 17.2 Å². The molecule has 2 nitrogen and oxygen atoms in total. The van der Waals surface area contributed by atoms with E-state index in [9.17, 15) is 4.79 Å². The topological polar surface area (TPSA) is 29.1 Å². The highest BCUT2D eigenvalue weighted by atomic mass is 16.1. The van der Waals surface area contributed by atoms with Crippen molar-refractivity contribution >= 4 is 12.0 Å². The first-order valence-electron chi connectivity index (χ1n) is 8.14. The van der Waals surface area contributed by atoms with Gasteiger partial charge in [-0.2, -0.15) is 0 Å². The fraction of sp³-hybridized carbons (Fsp3) is 0.450.